The highest BCUT2D eigenvalue weighted by atomic mass is 19.4. The van der Waals surface area contributed by atoms with Crippen LogP contribution in [0.25, 0.3) is 0 Å². The zero-order chi connectivity index (χ0) is 19.0. The molecule has 0 heterocycles. The van der Waals surface area contributed by atoms with E-state index in [1.54, 1.807) is 24.3 Å². The van der Waals surface area contributed by atoms with Crippen LogP contribution < -0.4 is 15.4 Å². The normalized spacial score (nSPS) is 10.5. The van der Waals surface area contributed by atoms with E-state index in [0.717, 1.165) is 6.07 Å². The van der Waals surface area contributed by atoms with Crippen LogP contribution in [0.5, 0.6) is 5.75 Å². The molecule has 2 amide bonds. The van der Waals surface area contributed by atoms with E-state index in [-0.39, 0.29) is 12.1 Å². The SMILES string of the molecule is CCOc1ccc(NC(=O)NCC#Cc2ccccc2C(F)(F)F)cc1. The smallest absolute Gasteiger partial charge is 0.417 e. The van der Waals surface area contributed by atoms with Crippen LogP contribution in [-0.4, -0.2) is 19.2 Å². The van der Waals surface area contributed by atoms with Crippen molar-refractivity contribution >= 4 is 11.7 Å². The third kappa shape index (κ3) is 5.74. The lowest BCUT2D eigenvalue weighted by molar-refractivity contribution is -0.137. The molecule has 0 radical (unpaired) electrons. The standard InChI is InChI=1S/C19H17F3N2O2/c1-2-26-16-11-9-15(10-12-16)24-18(25)23-13-5-7-14-6-3-4-8-17(14)19(20,21)22/h3-4,6,8-12H,2,13H2,1H3,(H2,23,24,25). The molecular formula is C19H17F3N2O2. The number of carbonyl (C=O) groups excluding carboxylic acids is 1. The number of hydrogen-bond donors (Lipinski definition) is 2. The molecule has 26 heavy (non-hydrogen) atoms. The van der Waals surface area contributed by atoms with Crippen molar-refractivity contribution in [2.75, 3.05) is 18.5 Å². The van der Waals surface area contributed by atoms with Gasteiger partial charge in [-0.1, -0.05) is 24.0 Å². The molecule has 0 unspecified atom stereocenters. The van der Waals surface area contributed by atoms with Gasteiger partial charge in [0.15, 0.2) is 0 Å². The Balaban J connectivity index is 1.89. The van der Waals surface area contributed by atoms with Crippen LogP contribution in [0, 0.1) is 11.8 Å². The predicted molar refractivity (Wildman–Crippen MR) is 93.0 cm³/mol. The second-order valence-electron chi connectivity index (χ2n) is 5.11. The number of amides is 2. The predicted octanol–water partition coefficient (Wildman–Crippen LogP) is 4.28. The number of halogens is 3. The lowest BCUT2D eigenvalue weighted by Gasteiger charge is -2.08. The molecule has 2 rings (SSSR count). The third-order valence-corrected chi connectivity index (χ3v) is 3.22. The number of urea groups is 1. The zero-order valence-corrected chi connectivity index (χ0v) is 14.0. The molecule has 0 bridgehead atoms. The Bertz CT molecular complexity index is 806. The first-order chi connectivity index (χ1) is 12.4. The van der Waals surface area contributed by atoms with Crippen molar-refractivity contribution in [2.24, 2.45) is 0 Å². The van der Waals surface area contributed by atoms with Crippen LogP contribution in [-0.2, 0) is 6.18 Å². The maximum absolute atomic E-state index is 12.8. The topological polar surface area (TPSA) is 50.4 Å². The van der Waals surface area contributed by atoms with E-state index in [2.05, 4.69) is 22.5 Å². The summed E-state index contributed by atoms with van der Waals surface area (Å²) in [6.07, 6.45) is -4.47. The first kappa shape index (κ1) is 19.2. The number of rotatable bonds is 4. The van der Waals surface area contributed by atoms with E-state index in [1.807, 2.05) is 6.92 Å². The monoisotopic (exact) mass is 362 g/mol. The Morgan fingerprint density at radius 2 is 1.81 bits per heavy atom. The molecule has 136 valence electrons. The van der Waals surface area contributed by atoms with Crippen LogP contribution in [0.2, 0.25) is 0 Å². The number of anilines is 1. The molecule has 0 aromatic heterocycles. The first-order valence-electron chi connectivity index (χ1n) is 7.83. The van der Waals surface area contributed by atoms with Gasteiger partial charge in [-0.15, -0.1) is 0 Å². The quantitative estimate of drug-likeness (QED) is 0.798. The van der Waals surface area contributed by atoms with Crippen molar-refractivity contribution < 1.29 is 22.7 Å². The number of ether oxygens (including phenoxy) is 1. The Morgan fingerprint density at radius 1 is 1.12 bits per heavy atom. The van der Waals surface area contributed by atoms with Gasteiger partial charge in [-0.2, -0.15) is 13.2 Å². The van der Waals surface area contributed by atoms with Crippen LogP contribution in [0.4, 0.5) is 23.7 Å². The fraction of sp³-hybridized carbons (Fsp3) is 0.211. The maximum Gasteiger partial charge on any atom is 0.417 e. The Labute approximate surface area is 149 Å². The summed E-state index contributed by atoms with van der Waals surface area (Å²) in [5.74, 6) is 5.63. The second kappa shape index (κ2) is 8.81. The van der Waals surface area contributed by atoms with Crippen molar-refractivity contribution in [3.05, 3.63) is 59.7 Å². The van der Waals surface area contributed by atoms with Gasteiger partial charge in [-0.05, 0) is 43.3 Å². The Kier molecular flexibility index (Phi) is 6.50. The highest BCUT2D eigenvalue weighted by molar-refractivity contribution is 5.89. The third-order valence-electron chi connectivity index (χ3n) is 3.22. The second-order valence-corrected chi connectivity index (χ2v) is 5.11. The number of alkyl halides is 3. The minimum absolute atomic E-state index is 0.0882. The zero-order valence-electron chi connectivity index (χ0n) is 14.0. The minimum Gasteiger partial charge on any atom is -0.494 e. The molecule has 4 nitrogen and oxygen atoms in total. The molecule has 0 saturated carbocycles. The Morgan fingerprint density at radius 3 is 2.46 bits per heavy atom. The highest BCUT2D eigenvalue weighted by Crippen LogP contribution is 2.31. The summed E-state index contributed by atoms with van der Waals surface area (Å²) in [5, 5.41) is 5.06. The van der Waals surface area contributed by atoms with Gasteiger partial charge in [0.2, 0.25) is 0 Å². The van der Waals surface area contributed by atoms with Gasteiger partial charge in [0.1, 0.15) is 5.75 Å². The van der Waals surface area contributed by atoms with Gasteiger partial charge in [-0.3, -0.25) is 0 Å². The summed E-state index contributed by atoms with van der Waals surface area (Å²) in [5.41, 5.74) is -0.374. The van der Waals surface area contributed by atoms with Crippen molar-refractivity contribution in [3.8, 4) is 17.6 Å². The molecular weight excluding hydrogens is 345 g/mol. The molecule has 0 spiro atoms. The summed E-state index contributed by atoms with van der Waals surface area (Å²) in [6, 6.07) is 11.3. The van der Waals surface area contributed by atoms with E-state index in [4.69, 9.17) is 4.74 Å². The molecule has 0 aliphatic rings. The first-order valence-corrected chi connectivity index (χ1v) is 7.83. The van der Waals surface area contributed by atoms with Crippen molar-refractivity contribution in [3.63, 3.8) is 0 Å². The van der Waals surface area contributed by atoms with E-state index >= 15 is 0 Å². The van der Waals surface area contributed by atoms with Crippen LogP contribution in [0.1, 0.15) is 18.1 Å². The average Bonchev–Trinajstić information content (AvgIpc) is 2.60. The highest BCUT2D eigenvalue weighted by Gasteiger charge is 2.32. The molecule has 0 aliphatic carbocycles. The summed E-state index contributed by atoms with van der Waals surface area (Å²) in [4.78, 5) is 11.8. The maximum atomic E-state index is 12.8. The van der Waals surface area contributed by atoms with Gasteiger partial charge in [-0.25, -0.2) is 4.79 Å². The molecule has 2 aromatic carbocycles. The lowest BCUT2D eigenvalue weighted by atomic mass is 10.1. The van der Waals surface area contributed by atoms with Crippen molar-refractivity contribution in [1.29, 1.82) is 0 Å². The van der Waals surface area contributed by atoms with E-state index in [0.29, 0.717) is 18.0 Å². The summed E-state index contributed by atoms with van der Waals surface area (Å²) < 4.78 is 43.8. The lowest BCUT2D eigenvalue weighted by Crippen LogP contribution is -2.28. The molecule has 0 atom stereocenters. The summed E-state index contributed by atoms with van der Waals surface area (Å²) in [7, 11) is 0. The molecule has 2 aromatic rings. The van der Waals surface area contributed by atoms with E-state index in [1.165, 1.54) is 18.2 Å². The van der Waals surface area contributed by atoms with Crippen LogP contribution in [0.3, 0.4) is 0 Å². The number of carbonyl (C=O) groups is 1. The van der Waals surface area contributed by atoms with Gasteiger partial charge in [0.05, 0.1) is 18.7 Å². The van der Waals surface area contributed by atoms with E-state index in [9.17, 15) is 18.0 Å². The number of hydrogen-bond acceptors (Lipinski definition) is 2. The molecule has 2 N–H and O–H groups in total. The van der Waals surface area contributed by atoms with Crippen LogP contribution in [0.15, 0.2) is 48.5 Å². The molecule has 0 saturated heterocycles. The van der Waals surface area contributed by atoms with Crippen molar-refractivity contribution in [1.82, 2.24) is 5.32 Å². The molecule has 7 heteroatoms. The van der Waals surface area contributed by atoms with Gasteiger partial charge in [0.25, 0.3) is 0 Å². The fourth-order valence-corrected chi connectivity index (χ4v) is 2.08. The van der Waals surface area contributed by atoms with Gasteiger partial charge >= 0.3 is 12.2 Å². The largest absolute Gasteiger partial charge is 0.494 e. The van der Waals surface area contributed by atoms with E-state index < -0.39 is 17.8 Å². The summed E-state index contributed by atoms with van der Waals surface area (Å²) >= 11 is 0. The average molecular weight is 362 g/mol. The molecule has 0 fully saturated rings. The minimum atomic E-state index is -4.47. The van der Waals surface area contributed by atoms with Gasteiger partial charge < -0.3 is 15.4 Å². The summed E-state index contributed by atoms with van der Waals surface area (Å²) in [6.45, 7) is 2.33. The van der Waals surface area contributed by atoms with Crippen molar-refractivity contribution in [2.45, 2.75) is 13.1 Å². The number of nitrogens with one attached hydrogen (secondary N) is 2. The van der Waals surface area contributed by atoms with Gasteiger partial charge in [0, 0.05) is 11.3 Å². The fourth-order valence-electron chi connectivity index (χ4n) is 2.08. The van der Waals surface area contributed by atoms with Crippen LogP contribution >= 0.6 is 0 Å². The Hall–Kier alpha value is -3.14. The molecule has 0 aliphatic heterocycles. The number of benzene rings is 2.